The zero-order valence-electron chi connectivity index (χ0n) is 19.3. The van der Waals surface area contributed by atoms with Gasteiger partial charge in [0.25, 0.3) is 0 Å². The molecular formula is C28H27NO4S. The van der Waals surface area contributed by atoms with E-state index < -0.39 is 11.9 Å². The van der Waals surface area contributed by atoms with E-state index in [0.717, 1.165) is 23.4 Å². The van der Waals surface area contributed by atoms with Gasteiger partial charge in [0.1, 0.15) is 11.5 Å². The first-order chi connectivity index (χ1) is 16.5. The predicted molar refractivity (Wildman–Crippen MR) is 131 cm³/mol. The van der Waals surface area contributed by atoms with E-state index in [1.54, 1.807) is 11.3 Å². The molecule has 5 nitrogen and oxygen atoms in total. The third-order valence-electron chi connectivity index (χ3n) is 6.51. The lowest BCUT2D eigenvalue weighted by Gasteiger charge is -2.35. The van der Waals surface area contributed by atoms with Crippen molar-refractivity contribution in [3.63, 3.8) is 0 Å². The molecule has 0 unspecified atom stereocenters. The van der Waals surface area contributed by atoms with E-state index in [2.05, 4.69) is 11.4 Å². The van der Waals surface area contributed by atoms with Gasteiger partial charge in [0.15, 0.2) is 5.78 Å². The summed E-state index contributed by atoms with van der Waals surface area (Å²) in [6.45, 7) is 4.01. The minimum atomic E-state index is -0.564. The van der Waals surface area contributed by atoms with E-state index in [4.69, 9.17) is 9.15 Å². The minimum absolute atomic E-state index is 0.0493. The van der Waals surface area contributed by atoms with Crippen LogP contribution in [0.5, 0.6) is 0 Å². The maximum Gasteiger partial charge on any atom is 0.336 e. The van der Waals surface area contributed by atoms with Crippen molar-refractivity contribution in [3.05, 3.63) is 104 Å². The second kappa shape index (κ2) is 9.47. The molecule has 0 spiro atoms. The van der Waals surface area contributed by atoms with E-state index in [1.165, 1.54) is 4.88 Å². The maximum atomic E-state index is 13.5. The number of hydrogen-bond acceptors (Lipinski definition) is 6. The number of furan rings is 1. The van der Waals surface area contributed by atoms with Crippen molar-refractivity contribution in [2.75, 3.05) is 6.61 Å². The van der Waals surface area contributed by atoms with Crippen molar-refractivity contribution in [2.24, 2.45) is 0 Å². The zero-order valence-corrected chi connectivity index (χ0v) is 20.1. The molecule has 1 aliphatic carbocycles. The van der Waals surface area contributed by atoms with Crippen LogP contribution in [0.2, 0.25) is 0 Å². The van der Waals surface area contributed by atoms with Crippen LogP contribution in [0, 0.1) is 6.92 Å². The number of carbonyl (C=O) groups is 2. The molecule has 2 aromatic heterocycles. The van der Waals surface area contributed by atoms with Gasteiger partial charge in [-0.3, -0.25) is 4.79 Å². The van der Waals surface area contributed by atoms with E-state index in [1.807, 2.05) is 67.8 Å². The maximum absolute atomic E-state index is 13.5. The van der Waals surface area contributed by atoms with Crippen molar-refractivity contribution in [2.45, 2.75) is 44.9 Å². The Labute approximate surface area is 203 Å². The molecule has 1 N–H and O–H groups in total. The molecular weight excluding hydrogens is 446 g/mol. The molecule has 174 valence electrons. The molecule has 1 aromatic carbocycles. The summed E-state index contributed by atoms with van der Waals surface area (Å²) in [6.07, 6.45) is 1.78. The summed E-state index contributed by atoms with van der Waals surface area (Å²) >= 11 is 1.68. The fourth-order valence-corrected chi connectivity index (χ4v) is 5.74. The average Bonchev–Trinajstić information content (AvgIpc) is 3.51. The number of benzene rings is 1. The normalized spacial score (nSPS) is 20.2. The first kappa shape index (κ1) is 22.4. The molecule has 0 amide bonds. The number of allylic oxidation sites excluding steroid dienone is 3. The number of carbonyl (C=O) groups excluding carboxylic acids is 2. The molecule has 2 atom stereocenters. The smallest absolute Gasteiger partial charge is 0.336 e. The van der Waals surface area contributed by atoms with Crippen molar-refractivity contribution in [1.82, 2.24) is 5.32 Å². The second-order valence-corrected chi connectivity index (χ2v) is 9.83. The highest BCUT2D eigenvalue weighted by molar-refractivity contribution is 7.10. The molecule has 2 aliphatic rings. The van der Waals surface area contributed by atoms with Gasteiger partial charge in [0.2, 0.25) is 0 Å². The van der Waals surface area contributed by atoms with Crippen LogP contribution in [0.3, 0.4) is 0 Å². The lowest BCUT2D eigenvalue weighted by Crippen LogP contribution is -2.36. The standard InChI is InChI=1S/C28H27NO4S/c1-17-10-11-23(33-17)27-25(28(31)32-13-12-19-7-4-3-5-8-19)18(2)29-21-15-20(16-22(30)26(21)27)24-9-6-14-34-24/h3-11,14,20,27,29H,12-13,15-16H2,1-2H3/t20-,27-/m0/s1. The first-order valence-corrected chi connectivity index (χ1v) is 12.4. The number of hydrogen-bond donors (Lipinski definition) is 1. The van der Waals surface area contributed by atoms with Gasteiger partial charge in [0.05, 0.1) is 18.1 Å². The Morgan fingerprint density at radius 3 is 2.62 bits per heavy atom. The highest BCUT2D eigenvalue weighted by atomic mass is 32.1. The Hall–Kier alpha value is -3.38. The number of Topliss-reactive ketones (excluding diaryl/α,β-unsaturated/α-hetero) is 1. The molecule has 1 aliphatic heterocycles. The summed E-state index contributed by atoms with van der Waals surface area (Å²) in [4.78, 5) is 28.0. The van der Waals surface area contributed by atoms with Gasteiger partial charge >= 0.3 is 5.97 Å². The molecule has 5 rings (SSSR count). The largest absolute Gasteiger partial charge is 0.465 e. The van der Waals surface area contributed by atoms with Crippen LogP contribution in [-0.4, -0.2) is 18.4 Å². The lowest BCUT2D eigenvalue weighted by atomic mass is 9.74. The van der Waals surface area contributed by atoms with Crippen molar-refractivity contribution in [3.8, 4) is 0 Å². The third-order valence-corrected chi connectivity index (χ3v) is 7.54. The van der Waals surface area contributed by atoms with Crippen molar-refractivity contribution >= 4 is 23.1 Å². The number of rotatable bonds is 6. The van der Waals surface area contributed by atoms with Crippen LogP contribution in [0.4, 0.5) is 0 Å². The van der Waals surface area contributed by atoms with Crippen LogP contribution >= 0.6 is 11.3 Å². The monoisotopic (exact) mass is 473 g/mol. The summed E-state index contributed by atoms with van der Waals surface area (Å²) in [5.74, 6) is 0.553. The Balaban J connectivity index is 1.44. The van der Waals surface area contributed by atoms with Gasteiger partial charge < -0.3 is 14.5 Å². The number of aryl methyl sites for hydroxylation is 1. The van der Waals surface area contributed by atoms with E-state index in [-0.39, 0.29) is 18.3 Å². The SMILES string of the molecule is CC1=C(C(=O)OCCc2ccccc2)[C@H](c2ccc(C)o2)C2=C(C[C@H](c3cccs3)CC2=O)N1. The van der Waals surface area contributed by atoms with Gasteiger partial charge in [-0.1, -0.05) is 36.4 Å². The molecule has 0 radical (unpaired) electrons. The van der Waals surface area contributed by atoms with Gasteiger partial charge in [0, 0.05) is 40.6 Å². The summed E-state index contributed by atoms with van der Waals surface area (Å²) in [5, 5.41) is 5.43. The molecule has 6 heteroatoms. The molecule has 0 saturated heterocycles. The molecule has 0 saturated carbocycles. The molecule has 0 bridgehead atoms. The van der Waals surface area contributed by atoms with Crippen LogP contribution in [0.1, 0.15) is 53.6 Å². The second-order valence-electron chi connectivity index (χ2n) is 8.85. The van der Waals surface area contributed by atoms with Gasteiger partial charge in [-0.05, 0) is 49.4 Å². The Morgan fingerprint density at radius 1 is 1.09 bits per heavy atom. The summed E-state index contributed by atoms with van der Waals surface area (Å²) in [6, 6.07) is 17.8. The first-order valence-electron chi connectivity index (χ1n) is 11.6. The van der Waals surface area contributed by atoms with Crippen molar-refractivity contribution < 1.29 is 18.7 Å². The quantitative estimate of drug-likeness (QED) is 0.459. The fourth-order valence-electron chi connectivity index (χ4n) is 4.91. The average molecular weight is 474 g/mol. The van der Waals surface area contributed by atoms with Gasteiger partial charge in [-0.25, -0.2) is 4.79 Å². The van der Waals surface area contributed by atoms with Gasteiger partial charge in [-0.2, -0.15) is 0 Å². The number of thiophene rings is 1. The van der Waals surface area contributed by atoms with Crippen LogP contribution in [0.25, 0.3) is 0 Å². The van der Waals surface area contributed by atoms with E-state index >= 15 is 0 Å². The highest BCUT2D eigenvalue weighted by Crippen LogP contribution is 2.46. The van der Waals surface area contributed by atoms with E-state index in [0.29, 0.717) is 35.4 Å². The summed E-state index contributed by atoms with van der Waals surface area (Å²) in [5.41, 5.74) is 3.77. The summed E-state index contributed by atoms with van der Waals surface area (Å²) < 4.78 is 11.7. The topological polar surface area (TPSA) is 68.5 Å². The summed E-state index contributed by atoms with van der Waals surface area (Å²) in [7, 11) is 0. The predicted octanol–water partition coefficient (Wildman–Crippen LogP) is 5.80. The zero-order chi connectivity index (χ0) is 23.7. The number of esters is 1. The number of ether oxygens (including phenoxy) is 1. The highest BCUT2D eigenvalue weighted by Gasteiger charge is 2.42. The molecule has 3 aromatic rings. The van der Waals surface area contributed by atoms with Crippen molar-refractivity contribution in [1.29, 1.82) is 0 Å². The van der Waals surface area contributed by atoms with Crippen LogP contribution in [-0.2, 0) is 20.7 Å². The third kappa shape index (κ3) is 4.38. The molecule has 3 heterocycles. The lowest BCUT2D eigenvalue weighted by molar-refractivity contribution is -0.139. The Morgan fingerprint density at radius 2 is 1.91 bits per heavy atom. The Kier molecular flexibility index (Phi) is 6.24. The number of dihydropyridines is 1. The molecule has 0 fully saturated rings. The van der Waals surface area contributed by atoms with Crippen LogP contribution < -0.4 is 5.32 Å². The van der Waals surface area contributed by atoms with Gasteiger partial charge in [-0.15, -0.1) is 11.3 Å². The molecule has 34 heavy (non-hydrogen) atoms. The Bertz CT molecular complexity index is 1270. The number of nitrogens with one attached hydrogen (secondary N) is 1. The minimum Gasteiger partial charge on any atom is -0.465 e. The number of ketones is 1. The van der Waals surface area contributed by atoms with E-state index in [9.17, 15) is 9.59 Å². The van der Waals surface area contributed by atoms with Crippen LogP contribution in [0.15, 0.2) is 86.9 Å². The fraction of sp³-hybridized carbons (Fsp3) is 0.286.